The Hall–Kier alpha value is -2.14. The lowest BCUT2D eigenvalue weighted by molar-refractivity contribution is -0.120. The molecule has 3 aromatic heterocycles. The van der Waals surface area contributed by atoms with E-state index in [0.717, 1.165) is 27.6 Å². The molecule has 0 radical (unpaired) electrons. The van der Waals surface area contributed by atoms with E-state index in [1.165, 1.54) is 17.4 Å². The van der Waals surface area contributed by atoms with Crippen LogP contribution in [0.4, 0.5) is 0 Å². The number of hydrogen-bond donors (Lipinski definition) is 2. The highest BCUT2D eigenvalue weighted by atomic mass is 32.2. The number of carbonyl (C=O) groups excluding carboxylic acids is 1. The van der Waals surface area contributed by atoms with Crippen LogP contribution in [0.1, 0.15) is 18.0 Å². The molecule has 7 nitrogen and oxygen atoms in total. The van der Waals surface area contributed by atoms with E-state index in [9.17, 15) is 13.2 Å². The van der Waals surface area contributed by atoms with Gasteiger partial charge < -0.3 is 5.32 Å². The quantitative estimate of drug-likeness (QED) is 0.625. The maximum Gasteiger partial charge on any atom is 0.250 e. The Morgan fingerprint density at radius 3 is 2.69 bits per heavy atom. The van der Waals surface area contributed by atoms with Crippen LogP contribution < -0.4 is 10.0 Å². The average molecular weight is 409 g/mol. The smallest absolute Gasteiger partial charge is 0.250 e. The van der Waals surface area contributed by atoms with Crippen LogP contribution in [0.25, 0.3) is 11.3 Å². The first-order chi connectivity index (χ1) is 12.5. The Morgan fingerprint density at radius 2 is 2.00 bits per heavy atom. The van der Waals surface area contributed by atoms with Crippen LogP contribution in [0.2, 0.25) is 0 Å². The van der Waals surface area contributed by atoms with Crippen molar-refractivity contribution in [2.24, 2.45) is 0 Å². The lowest BCUT2D eigenvalue weighted by Crippen LogP contribution is -2.37. The van der Waals surface area contributed by atoms with Crippen LogP contribution in [-0.4, -0.2) is 30.8 Å². The zero-order chi connectivity index (χ0) is 18.6. The molecule has 0 saturated carbocycles. The Labute approximate surface area is 159 Å². The predicted molar refractivity (Wildman–Crippen MR) is 101 cm³/mol. The monoisotopic (exact) mass is 408 g/mol. The molecule has 0 aliphatic heterocycles. The Morgan fingerprint density at radius 1 is 1.23 bits per heavy atom. The molecule has 3 heterocycles. The van der Waals surface area contributed by atoms with Gasteiger partial charge in [0.05, 0.1) is 18.3 Å². The Kier molecular flexibility index (Phi) is 5.77. The summed E-state index contributed by atoms with van der Waals surface area (Å²) in [5.74, 6) is -0.418. The van der Waals surface area contributed by atoms with E-state index in [-0.39, 0.29) is 16.8 Å². The molecule has 136 valence electrons. The molecule has 0 aliphatic rings. The highest BCUT2D eigenvalue weighted by Gasteiger charge is 2.18. The predicted octanol–water partition coefficient (Wildman–Crippen LogP) is 2.42. The normalized spacial score (nSPS) is 12.7. The number of thiophene rings is 1. The van der Waals surface area contributed by atoms with E-state index >= 15 is 0 Å². The van der Waals surface area contributed by atoms with Crippen LogP contribution >= 0.6 is 22.7 Å². The van der Waals surface area contributed by atoms with Crippen molar-refractivity contribution in [1.29, 1.82) is 0 Å². The lowest BCUT2D eigenvalue weighted by Gasteiger charge is -2.11. The zero-order valence-electron chi connectivity index (χ0n) is 13.7. The van der Waals surface area contributed by atoms with Crippen molar-refractivity contribution in [3.63, 3.8) is 0 Å². The number of amides is 1. The largest absolute Gasteiger partial charge is 0.346 e. The third-order valence-corrected chi connectivity index (χ3v) is 7.25. The minimum absolute atomic E-state index is 0.181. The number of pyridine rings is 1. The van der Waals surface area contributed by atoms with Gasteiger partial charge in [0.2, 0.25) is 5.91 Å². The van der Waals surface area contributed by atoms with Crippen LogP contribution in [0.3, 0.4) is 0 Å². The summed E-state index contributed by atoms with van der Waals surface area (Å²) < 4.78 is 26.5. The third-order valence-electron chi connectivity index (χ3n) is 3.43. The lowest BCUT2D eigenvalue weighted by atomic mass is 10.2. The number of thiazole rings is 1. The number of rotatable bonds is 7. The van der Waals surface area contributed by atoms with Gasteiger partial charge in [-0.05, 0) is 30.5 Å². The van der Waals surface area contributed by atoms with Gasteiger partial charge in [0.15, 0.2) is 0 Å². The molecule has 2 N–H and O–H groups in total. The van der Waals surface area contributed by atoms with Gasteiger partial charge in [-0.1, -0.05) is 6.07 Å². The van der Waals surface area contributed by atoms with Gasteiger partial charge in [0, 0.05) is 23.3 Å². The minimum Gasteiger partial charge on any atom is -0.346 e. The highest BCUT2D eigenvalue weighted by molar-refractivity contribution is 7.91. The van der Waals surface area contributed by atoms with Gasteiger partial charge in [0.1, 0.15) is 9.22 Å². The molecule has 10 heteroatoms. The van der Waals surface area contributed by atoms with Crippen LogP contribution in [0.5, 0.6) is 0 Å². The molecule has 3 rings (SSSR count). The van der Waals surface area contributed by atoms with Gasteiger partial charge >= 0.3 is 0 Å². The molecular formula is C16H16N4O3S3. The minimum atomic E-state index is -3.66. The summed E-state index contributed by atoms with van der Waals surface area (Å²) >= 11 is 2.53. The summed E-state index contributed by atoms with van der Waals surface area (Å²) in [6.07, 6.45) is 3.39. The van der Waals surface area contributed by atoms with Crippen molar-refractivity contribution in [2.75, 3.05) is 6.54 Å². The topological polar surface area (TPSA) is 101 Å². The van der Waals surface area contributed by atoms with Crippen LogP contribution in [0, 0.1) is 0 Å². The van der Waals surface area contributed by atoms with Gasteiger partial charge in [-0.3, -0.25) is 9.78 Å². The van der Waals surface area contributed by atoms with E-state index in [1.54, 1.807) is 30.8 Å². The number of sulfonamides is 1. The zero-order valence-corrected chi connectivity index (χ0v) is 16.2. The number of carbonyl (C=O) groups is 1. The summed E-state index contributed by atoms with van der Waals surface area (Å²) in [7, 11) is -3.66. The average Bonchev–Trinajstić information content (AvgIpc) is 3.33. The van der Waals surface area contributed by atoms with Crippen LogP contribution in [-0.2, 0) is 14.8 Å². The second-order valence-electron chi connectivity index (χ2n) is 5.35. The van der Waals surface area contributed by atoms with Crippen molar-refractivity contribution >= 4 is 38.6 Å². The van der Waals surface area contributed by atoms with Gasteiger partial charge in [0.25, 0.3) is 10.0 Å². The van der Waals surface area contributed by atoms with Crippen molar-refractivity contribution in [3.05, 3.63) is 52.4 Å². The fourth-order valence-corrected chi connectivity index (χ4v) is 5.00. The summed E-state index contributed by atoms with van der Waals surface area (Å²) in [4.78, 5) is 20.5. The van der Waals surface area contributed by atoms with E-state index in [4.69, 9.17) is 0 Å². The van der Waals surface area contributed by atoms with Crippen molar-refractivity contribution in [2.45, 2.75) is 17.2 Å². The fraction of sp³-hybridized carbons (Fsp3) is 0.188. The number of nitrogens with zero attached hydrogens (tertiary/aromatic N) is 2. The first-order valence-electron chi connectivity index (χ1n) is 7.64. The molecule has 0 aliphatic carbocycles. The summed E-state index contributed by atoms with van der Waals surface area (Å²) in [6, 6.07) is 6.53. The molecule has 1 unspecified atom stereocenters. The summed E-state index contributed by atoms with van der Waals surface area (Å²) in [5.41, 5.74) is 1.76. The number of hydrogen-bond acceptors (Lipinski definition) is 7. The second kappa shape index (κ2) is 8.04. The first-order valence-corrected chi connectivity index (χ1v) is 10.9. The molecule has 1 amide bonds. The van der Waals surface area contributed by atoms with E-state index in [2.05, 4.69) is 20.0 Å². The molecule has 0 saturated heterocycles. The summed E-state index contributed by atoms with van der Waals surface area (Å²) in [6.45, 7) is 1.48. The SMILES string of the molecule is CC(NC(=O)CNS(=O)(=O)c1cccs1)c1nc(-c2ccncc2)cs1. The maximum absolute atomic E-state index is 12.1. The molecule has 3 aromatic rings. The van der Waals surface area contributed by atoms with E-state index < -0.39 is 15.9 Å². The molecular weight excluding hydrogens is 392 g/mol. The van der Waals surface area contributed by atoms with E-state index in [0.29, 0.717) is 0 Å². The van der Waals surface area contributed by atoms with Crippen molar-refractivity contribution < 1.29 is 13.2 Å². The second-order valence-corrected chi connectivity index (χ2v) is 9.18. The van der Waals surface area contributed by atoms with Gasteiger partial charge in [-0.25, -0.2) is 18.1 Å². The van der Waals surface area contributed by atoms with Gasteiger partial charge in [-0.2, -0.15) is 0 Å². The maximum atomic E-state index is 12.1. The van der Waals surface area contributed by atoms with Crippen molar-refractivity contribution in [3.8, 4) is 11.3 Å². The molecule has 26 heavy (non-hydrogen) atoms. The number of nitrogens with one attached hydrogen (secondary N) is 2. The Balaban J connectivity index is 1.57. The molecule has 1 atom stereocenters. The number of aromatic nitrogens is 2. The Bertz CT molecular complexity index is 969. The molecule has 0 aromatic carbocycles. The molecule has 0 spiro atoms. The first kappa shape index (κ1) is 18.6. The fourth-order valence-electron chi connectivity index (χ4n) is 2.14. The van der Waals surface area contributed by atoms with Crippen molar-refractivity contribution in [1.82, 2.24) is 20.0 Å². The standard InChI is InChI=1S/C16H16N4O3S3/c1-11(16-20-13(10-25-16)12-4-6-17-7-5-12)19-14(21)9-18-26(22,23)15-3-2-8-24-15/h2-8,10-11,18H,9H2,1H3,(H,19,21). The summed E-state index contributed by atoms with van der Waals surface area (Å²) in [5, 5.41) is 7.07. The van der Waals surface area contributed by atoms with Crippen LogP contribution in [0.15, 0.2) is 51.6 Å². The third kappa shape index (κ3) is 4.52. The van der Waals surface area contributed by atoms with Gasteiger partial charge in [-0.15, -0.1) is 22.7 Å². The van der Waals surface area contributed by atoms with E-state index in [1.807, 2.05) is 17.5 Å². The highest BCUT2D eigenvalue weighted by Crippen LogP contribution is 2.24. The molecule has 0 fully saturated rings. The molecule has 0 bridgehead atoms.